The van der Waals surface area contributed by atoms with Gasteiger partial charge < -0.3 is 0 Å². The van der Waals surface area contributed by atoms with Gasteiger partial charge in [0.25, 0.3) is 5.91 Å². The van der Waals surface area contributed by atoms with Crippen molar-refractivity contribution in [2.24, 2.45) is 7.05 Å². The minimum atomic E-state index is -0.373. The topological polar surface area (TPSA) is 107 Å². The molecule has 1 amide bonds. The summed E-state index contributed by atoms with van der Waals surface area (Å²) < 4.78 is 1.48. The van der Waals surface area contributed by atoms with Gasteiger partial charge in [0.1, 0.15) is 11.6 Å². The van der Waals surface area contributed by atoms with E-state index in [0.29, 0.717) is 28.2 Å². The summed E-state index contributed by atoms with van der Waals surface area (Å²) in [4.78, 5) is 12.0. The first kappa shape index (κ1) is 14.1. The van der Waals surface area contributed by atoms with Crippen molar-refractivity contribution in [2.75, 3.05) is 5.43 Å². The maximum Gasteiger partial charge on any atom is 0.269 e. The Kier molecular flexibility index (Phi) is 3.87. The highest BCUT2D eigenvalue weighted by molar-refractivity contribution is 5.95. The quantitative estimate of drug-likeness (QED) is 0.822. The molecule has 2 N–H and O–H groups in total. The lowest BCUT2D eigenvalue weighted by Crippen LogP contribution is -2.30. The predicted octanol–water partition coefficient (Wildman–Crippen LogP) is 1.23. The smallest absolute Gasteiger partial charge is 0.269 e. The molecule has 0 saturated carbocycles. The number of carbonyl (C=O) groups is 1. The minimum Gasteiger partial charge on any atom is -0.281 e. The average molecular weight is 280 g/mol. The Balaban J connectivity index is 2.11. The lowest BCUT2D eigenvalue weighted by atomic mass is 10.1. The van der Waals surface area contributed by atoms with Gasteiger partial charge in [-0.1, -0.05) is 0 Å². The van der Waals surface area contributed by atoms with Crippen LogP contribution in [0.5, 0.6) is 0 Å². The van der Waals surface area contributed by atoms with Crippen LogP contribution in [0.15, 0.2) is 24.3 Å². The summed E-state index contributed by atoms with van der Waals surface area (Å²) in [6, 6.07) is 10.2. The third-order valence-corrected chi connectivity index (χ3v) is 2.90. The molecule has 0 spiro atoms. The Labute approximate surface area is 121 Å². The number of hydrazine groups is 1. The number of hydrogen-bond acceptors (Lipinski definition) is 5. The van der Waals surface area contributed by atoms with E-state index in [2.05, 4.69) is 16.0 Å². The summed E-state index contributed by atoms with van der Waals surface area (Å²) in [5.41, 5.74) is 7.02. The Hall–Kier alpha value is -3.32. The lowest BCUT2D eigenvalue weighted by molar-refractivity contribution is 0.0962. The Morgan fingerprint density at radius 2 is 1.90 bits per heavy atom. The molecular formula is C14H12N6O. The van der Waals surface area contributed by atoms with Crippen LogP contribution in [0.2, 0.25) is 0 Å². The molecule has 0 aliphatic rings. The number of nitrogens with zero attached hydrogens (tertiary/aromatic N) is 4. The minimum absolute atomic E-state index is 0.373. The van der Waals surface area contributed by atoms with E-state index in [1.54, 1.807) is 38.2 Å². The van der Waals surface area contributed by atoms with Crippen LogP contribution in [-0.4, -0.2) is 15.7 Å². The van der Waals surface area contributed by atoms with E-state index in [1.807, 2.05) is 12.1 Å². The number of aromatic nitrogens is 2. The molecule has 1 aromatic carbocycles. The zero-order valence-corrected chi connectivity index (χ0v) is 11.5. The van der Waals surface area contributed by atoms with Crippen molar-refractivity contribution in [3.05, 3.63) is 46.6 Å². The maximum absolute atomic E-state index is 12.0. The molecule has 21 heavy (non-hydrogen) atoms. The molecule has 7 heteroatoms. The molecule has 0 unspecified atom stereocenters. The number of rotatable bonds is 3. The zero-order valence-electron chi connectivity index (χ0n) is 11.5. The largest absolute Gasteiger partial charge is 0.281 e. The highest BCUT2D eigenvalue weighted by Crippen LogP contribution is 2.16. The molecule has 0 radical (unpaired) electrons. The van der Waals surface area contributed by atoms with Gasteiger partial charge in [-0.05, 0) is 31.2 Å². The third kappa shape index (κ3) is 2.82. The highest BCUT2D eigenvalue weighted by Gasteiger charge is 2.13. The number of amides is 1. The molecule has 0 saturated heterocycles. The van der Waals surface area contributed by atoms with Crippen LogP contribution < -0.4 is 10.9 Å². The van der Waals surface area contributed by atoms with Crippen molar-refractivity contribution in [2.45, 2.75) is 6.92 Å². The van der Waals surface area contributed by atoms with Crippen LogP contribution in [0.3, 0.4) is 0 Å². The van der Waals surface area contributed by atoms with Gasteiger partial charge in [-0.25, -0.2) is 0 Å². The van der Waals surface area contributed by atoms with E-state index in [4.69, 9.17) is 10.5 Å². The van der Waals surface area contributed by atoms with Gasteiger partial charge in [0.2, 0.25) is 0 Å². The summed E-state index contributed by atoms with van der Waals surface area (Å²) >= 11 is 0. The molecular weight excluding hydrogens is 268 g/mol. The summed E-state index contributed by atoms with van der Waals surface area (Å²) in [6.45, 7) is 1.71. The molecule has 1 heterocycles. The first-order valence-electron chi connectivity index (χ1n) is 6.07. The molecule has 2 aromatic rings. The number of benzene rings is 1. The maximum atomic E-state index is 12.0. The van der Waals surface area contributed by atoms with Gasteiger partial charge in [-0.15, -0.1) is 0 Å². The second kappa shape index (κ2) is 5.76. The van der Waals surface area contributed by atoms with Gasteiger partial charge in [0.15, 0.2) is 5.82 Å². The van der Waals surface area contributed by atoms with Crippen molar-refractivity contribution in [1.82, 2.24) is 15.2 Å². The number of aryl methyl sites for hydroxylation is 2. The van der Waals surface area contributed by atoms with Crippen LogP contribution in [0.25, 0.3) is 0 Å². The number of carbonyl (C=O) groups excluding carboxylic acids is 1. The van der Waals surface area contributed by atoms with Crippen molar-refractivity contribution < 1.29 is 4.79 Å². The SMILES string of the molecule is Cc1nn(C)c(NNC(=O)c2ccc(C#N)cc2)c1C#N. The molecule has 0 bridgehead atoms. The fourth-order valence-electron chi connectivity index (χ4n) is 1.82. The lowest BCUT2D eigenvalue weighted by Gasteiger charge is -2.09. The Morgan fingerprint density at radius 3 is 2.48 bits per heavy atom. The van der Waals surface area contributed by atoms with Crippen LogP contribution in [-0.2, 0) is 7.05 Å². The standard InChI is InChI=1S/C14H12N6O/c1-9-12(8-16)13(20(2)19-9)17-18-14(21)11-5-3-10(7-15)4-6-11/h3-6,17H,1-2H3,(H,18,21). The number of nitrogens with one attached hydrogen (secondary N) is 2. The van der Waals surface area contributed by atoms with E-state index in [-0.39, 0.29) is 5.91 Å². The number of nitriles is 2. The van der Waals surface area contributed by atoms with Crippen LogP contribution in [0.1, 0.15) is 27.2 Å². The Bertz CT molecular complexity index is 760. The monoisotopic (exact) mass is 280 g/mol. The van der Waals surface area contributed by atoms with Gasteiger partial charge in [0.05, 0.1) is 17.3 Å². The average Bonchev–Trinajstić information content (AvgIpc) is 2.78. The van der Waals surface area contributed by atoms with Crippen LogP contribution in [0, 0.1) is 29.6 Å². The highest BCUT2D eigenvalue weighted by atomic mass is 16.2. The summed E-state index contributed by atoms with van der Waals surface area (Å²) in [5.74, 6) is 0.0410. The number of hydrogen-bond donors (Lipinski definition) is 2. The van der Waals surface area contributed by atoms with Crippen molar-refractivity contribution in [3.63, 3.8) is 0 Å². The van der Waals surface area contributed by atoms with Crippen molar-refractivity contribution in [1.29, 1.82) is 10.5 Å². The summed E-state index contributed by atoms with van der Waals surface area (Å²) in [7, 11) is 1.67. The van der Waals surface area contributed by atoms with Crippen LogP contribution in [0.4, 0.5) is 5.82 Å². The normalized spacial score (nSPS) is 9.52. The second-order valence-corrected chi connectivity index (χ2v) is 4.31. The first-order valence-corrected chi connectivity index (χ1v) is 6.07. The van der Waals surface area contributed by atoms with Gasteiger partial charge in [-0.3, -0.25) is 20.3 Å². The molecule has 104 valence electrons. The Morgan fingerprint density at radius 1 is 1.24 bits per heavy atom. The van der Waals surface area contributed by atoms with E-state index in [0.717, 1.165) is 0 Å². The van der Waals surface area contributed by atoms with E-state index < -0.39 is 0 Å². The molecule has 1 aromatic heterocycles. The van der Waals surface area contributed by atoms with Crippen molar-refractivity contribution >= 4 is 11.7 Å². The van der Waals surface area contributed by atoms with Gasteiger partial charge >= 0.3 is 0 Å². The second-order valence-electron chi connectivity index (χ2n) is 4.31. The zero-order chi connectivity index (χ0) is 15.4. The fraction of sp³-hybridized carbons (Fsp3) is 0.143. The molecule has 0 fully saturated rings. The van der Waals surface area contributed by atoms with E-state index in [9.17, 15) is 4.79 Å². The van der Waals surface area contributed by atoms with Crippen LogP contribution >= 0.6 is 0 Å². The summed E-state index contributed by atoms with van der Waals surface area (Å²) in [6.07, 6.45) is 0. The molecule has 0 aliphatic heterocycles. The third-order valence-electron chi connectivity index (χ3n) is 2.90. The summed E-state index contributed by atoms with van der Waals surface area (Å²) in [5, 5.41) is 21.9. The van der Waals surface area contributed by atoms with E-state index in [1.165, 1.54) is 4.68 Å². The number of anilines is 1. The predicted molar refractivity (Wildman–Crippen MR) is 74.9 cm³/mol. The first-order chi connectivity index (χ1) is 10.1. The molecule has 0 aliphatic carbocycles. The van der Waals surface area contributed by atoms with Gasteiger partial charge in [0, 0.05) is 12.6 Å². The molecule has 2 rings (SSSR count). The van der Waals surface area contributed by atoms with Gasteiger partial charge in [-0.2, -0.15) is 15.6 Å². The van der Waals surface area contributed by atoms with E-state index >= 15 is 0 Å². The van der Waals surface area contributed by atoms with Crippen molar-refractivity contribution in [3.8, 4) is 12.1 Å². The molecule has 0 atom stereocenters. The fourth-order valence-corrected chi connectivity index (χ4v) is 1.82. The molecule has 7 nitrogen and oxygen atoms in total.